The van der Waals surface area contributed by atoms with Gasteiger partial charge in [-0.1, -0.05) is 24.6 Å². The van der Waals surface area contributed by atoms with Crippen LogP contribution < -0.4 is 0 Å². The topological polar surface area (TPSA) is 74.7 Å². The normalized spacial score (nSPS) is 26.8. The number of carboxylic acids is 1. The van der Waals surface area contributed by atoms with E-state index in [4.69, 9.17) is 0 Å². The van der Waals surface area contributed by atoms with E-state index in [1.165, 1.54) is 6.92 Å². The Morgan fingerprint density at radius 3 is 2.50 bits per heavy atom. The Balaban J connectivity index is 1.89. The van der Waals surface area contributed by atoms with E-state index in [2.05, 4.69) is 0 Å². The van der Waals surface area contributed by atoms with Gasteiger partial charge in [-0.15, -0.1) is 0 Å². The fraction of sp³-hybridized carbons (Fsp3) is 0.471. The zero-order valence-corrected chi connectivity index (χ0v) is 12.5. The van der Waals surface area contributed by atoms with E-state index in [0.29, 0.717) is 24.1 Å². The number of carboxylic acid groups (broad SMARTS) is 1. The molecule has 1 aliphatic heterocycles. The Kier molecular flexibility index (Phi) is 3.51. The van der Waals surface area contributed by atoms with Crippen LogP contribution in [-0.4, -0.2) is 40.8 Å². The van der Waals surface area contributed by atoms with Gasteiger partial charge < -0.3 is 10.0 Å². The first-order chi connectivity index (χ1) is 10.5. The number of hydrogen-bond donors (Lipinski definition) is 1. The number of aliphatic carboxylic acids is 1. The standard InChI is InChI=1S/C17H19NO4/c1-11(19)13-6-2-3-7-14(13)15(20)18-9-12-5-4-8-17(12,10-18)16(21)22/h2-3,6-7,12H,4-5,8-10H2,1H3,(H,21,22)/t12-,17+/m0/s1. The summed E-state index contributed by atoms with van der Waals surface area (Å²) in [4.78, 5) is 37.7. The van der Waals surface area contributed by atoms with Gasteiger partial charge in [0.15, 0.2) is 5.78 Å². The van der Waals surface area contributed by atoms with Gasteiger partial charge >= 0.3 is 5.97 Å². The Morgan fingerprint density at radius 2 is 1.91 bits per heavy atom. The second-order valence-electron chi connectivity index (χ2n) is 6.34. The zero-order chi connectivity index (χ0) is 15.9. The van der Waals surface area contributed by atoms with E-state index in [9.17, 15) is 19.5 Å². The van der Waals surface area contributed by atoms with Crippen molar-refractivity contribution in [2.75, 3.05) is 13.1 Å². The Labute approximate surface area is 128 Å². The van der Waals surface area contributed by atoms with Crippen LogP contribution in [-0.2, 0) is 4.79 Å². The van der Waals surface area contributed by atoms with Gasteiger partial charge in [0.05, 0.1) is 11.0 Å². The van der Waals surface area contributed by atoms with Crippen molar-refractivity contribution >= 4 is 17.7 Å². The lowest BCUT2D eigenvalue weighted by Crippen LogP contribution is -2.37. The summed E-state index contributed by atoms with van der Waals surface area (Å²) in [7, 11) is 0. The van der Waals surface area contributed by atoms with E-state index in [1.807, 2.05) is 0 Å². The van der Waals surface area contributed by atoms with E-state index < -0.39 is 11.4 Å². The number of likely N-dealkylation sites (tertiary alicyclic amines) is 1. The number of hydrogen-bond acceptors (Lipinski definition) is 3. The number of carbonyl (C=O) groups is 3. The molecule has 2 fully saturated rings. The molecule has 1 aromatic rings. The molecule has 0 unspecified atom stereocenters. The third-order valence-corrected chi connectivity index (χ3v) is 5.12. The molecule has 1 saturated heterocycles. The molecular formula is C17H19NO4. The van der Waals surface area contributed by atoms with Crippen molar-refractivity contribution in [3.8, 4) is 0 Å². The average molecular weight is 301 g/mol. The maximum Gasteiger partial charge on any atom is 0.311 e. The van der Waals surface area contributed by atoms with E-state index in [0.717, 1.165) is 12.8 Å². The maximum atomic E-state index is 12.7. The molecule has 5 nitrogen and oxygen atoms in total. The van der Waals surface area contributed by atoms with Crippen LogP contribution in [0.4, 0.5) is 0 Å². The molecule has 1 aromatic carbocycles. The van der Waals surface area contributed by atoms with Crippen molar-refractivity contribution in [3.63, 3.8) is 0 Å². The lowest BCUT2D eigenvalue weighted by molar-refractivity contribution is -0.149. The molecule has 0 radical (unpaired) electrons. The summed E-state index contributed by atoms with van der Waals surface area (Å²) in [5, 5.41) is 9.60. The number of rotatable bonds is 3. The first kappa shape index (κ1) is 14.8. The van der Waals surface area contributed by atoms with Crippen molar-refractivity contribution in [1.82, 2.24) is 4.90 Å². The SMILES string of the molecule is CC(=O)c1ccccc1C(=O)N1C[C@@H]2CCC[C@@]2(C(=O)O)C1. The zero-order valence-electron chi connectivity index (χ0n) is 12.5. The number of nitrogens with zero attached hydrogens (tertiary/aromatic N) is 1. The van der Waals surface area contributed by atoms with Crippen LogP contribution in [0.15, 0.2) is 24.3 Å². The van der Waals surface area contributed by atoms with Gasteiger partial charge in [0.1, 0.15) is 0 Å². The highest BCUT2D eigenvalue weighted by molar-refractivity contribution is 6.07. The number of Topliss-reactive ketones (excluding diaryl/α,β-unsaturated/α-hetero) is 1. The van der Waals surface area contributed by atoms with E-state index in [-0.39, 0.29) is 24.2 Å². The molecule has 3 rings (SSSR count). The van der Waals surface area contributed by atoms with Gasteiger partial charge in [-0.2, -0.15) is 0 Å². The minimum Gasteiger partial charge on any atom is -0.481 e. The summed E-state index contributed by atoms with van der Waals surface area (Å²) < 4.78 is 0. The summed E-state index contributed by atoms with van der Waals surface area (Å²) in [6.45, 7) is 2.15. The predicted octanol–water partition coefficient (Wildman–Crippen LogP) is 2.22. The van der Waals surface area contributed by atoms with Gasteiger partial charge in [0, 0.05) is 18.7 Å². The Hall–Kier alpha value is -2.17. The van der Waals surface area contributed by atoms with Crippen molar-refractivity contribution < 1.29 is 19.5 Å². The van der Waals surface area contributed by atoms with Crippen molar-refractivity contribution in [1.29, 1.82) is 0 Å². The van der Waals surface area contributed by atoms with Crippen LogP contribution in [0, 0.1) is 11.3 Å². The molecule has 116 valence electrons. The van der Waals surface area contributed by atoms with Gasteiger partial charge in [-0.25, -0.2) is 0 Å². The summed E-state index contributed by atoms with van der Waals surface area (Å²) in [6.07, 6.45) is 2.39. The van der Waals surface area contributed by atoms with Crippen molar-refractivity contribution in [2.45, 2.75) is 26.2 Å². The van der Waals surface area contributed by atoms with Gasteiger partial charge in [0.2, 0.25) is 0 Å². The number of ketones is 1. The molecule has 0 aromatic heterocycles. The van der Waals surface area contributed by atoms with E-state index in [1.54, 1.807) is 29.2 Å². The minimum absolute atomic E-state index is 0.0263. The second-order valence-corrected chi connectivity index (χ2v) is 6.34. The van der Waals surface area contributed by atoms with Crippen LogP contribution in [0.3, 0.4) is 0 Å². The van der Waals surface area contributed by atoms with Gasteiger partial charge in [-0.3, -0.25) is 14.4 Å². The largest absolute Gasteiger partial charge is 0.481 e. The third kappa shape index (κ3) is 2.12. The molecule has 1 aliphatic carbocycles. The number of fused-ring (bicyclic) bond motifs is 1. The fourth-order valence-electron chi connectivity index (χ4n) is 3.94. The molecule has 1 saturated carbocycles. The number of carbonyl (C=O) groups excluding carboxylic acids is 2. The van der Waals surface area contributed by atoms with E-state index >= 15 is 0 Å². The molecule has 1 amide bonds. The highest BCUT2D eigenvalue weighted by atomic mass is 16.4. The monoisotopic (exact) mass is 301 g/mol. The quantitative estimate of drug-likeness (QED) is 0.869. The van der Waals surface area contributed by atoms with Gasteiger partial charge in [0.25, 0.3) is 5.91 Å². The lowest BCUT2D eigenvalue weighted by Gasteiger charge is -2.23. The van der Waals surface area contributed by atoms with Crippen LogP contribution in [0.1, 0.15) is 46.9 Å². The molecule has 2 atom stereocenters. The lowest BCUT2D eigenvalue weighted by atomic mass is 9.81. The van der Waals surface area contributed by atoms with Crippen LogP contribution >= 0.6 is 0 Å². The third-order valence-electron chi connectivity index (χ3n) is 5.12. The highest BCUT2D eigenvalue weighted by Crippen LogP contribution is 2.49. The number of amides is 1. The molecule has 0 spiro atoms. The fourth-order valence-corrected chi connectivity index (χ4v) is 3.94. The first-order valence-electron chi connectivity index (χ1n) is 7.58. The van der Waals surface area contributed by atoms with Crippen LogP contribution in [0.25, 0.3) is 0 Å². The Morgan fingerprint density at radius 1 is 1.23 bits per heavy atom. The molecule has 0 bridgehead atoms. The molecule has 22 heavy (non-hydrogen) atoms. The van der Waals surface area contributed by atoms with Crippen molar-refractivity contribution in [2.24, 2.45) is 11.3 Å². The summed E-state index contributed by atoms with van der Waals surface area (Å²) in [5.74, 6) is -1.17. The highest BCUT2D eigenvalue weighted by Gasteiger charge is 2.55. The molecule has 2 aliphatic rings. The smallest absolute Gasteiger partial charge is 0.311 e. The summed E-state index contributed by atoms with van der Waals surface area (Å²) in [5.41, 5.74) is -0.0228. The average Bonchev–Trinajstić information content (AvgIpc) is 3.04. The maximum absolute atomic E-state index is 12.7. The summed E-state index contributed by atoms with van der Waals surface area (Å²) >= 11 is 0. The van der Waals surface area contributed by atoms with Crippen LogP contribution in [0.5, 0.6) is 0 Å². The first-order valence-corrected chi connectivity index (χ1v) is 7.58. The number of benzene rings is 1. The second kappa shape index (κ2) is 5.23. The minimum atomic E-state index is -0.801. The molecule has 1 heterocycles. The molecule has 1 N–H and O–H groups in total. The van der Waals surface area contributed by atoms with Crippen molar-refractivity contribution in [3.05, 3.63) is 35.4 Å². The molecular weight excluding hydrogens is 282 g/mol. The van der Waals surface area contributed by atoms with Crippen LogP contribution in [0.2, 0.25) is 0 Å². The summed E-state index contributed by atoms with van der Waals surface area (Å²) in [6, 6.07) is 6.73. The molecule has 5 heteroatoms. The predicted molar refractivity (Wildman–Crippen MR) is 79.8 cm³/mol. The van der Waals surface area contributed by atoms with Gasteiger partial charge in [-0.05, 0) is 31.7 Å². The Bertz CT molecular complexity index is 654.